The molecule has 7 nitrogen and oxygen atoms in total. The molecule has 0 saturated carbocycles. The van der Waals surface area contributed by atoms with Gasteiger partial charge in [0.2, 0.25) is 12.3 Å². The van der Waals surface area contributed by atoms with Crippen LogP contribution in [0.2, 0.25) is 0 Å². The third kappa shape index (κ3) is 4.83. The van der Waals surface area contributed by atoms with Crippen molar-refractivity contribution in [3.05, 3.63) is 54.6 Å². The quantitative estimate of drug-likeness (QED) is 0.512. The summed E-state index contributed by atoms with van der Waals surface area (Å²) in [5.74, 6) is 1.38. The van der Waals surface area contributed by atoms with Crippen molar-refractivity contribution in [3.8, 4) is 22.8 Å². The van der Waals surface area contributed by atoms with Crippen molar-refractivity contribution >= 4 is 23.2 Å². The van der Waals surface area contributed by atoms with E-state index in [1.807, 2.05) is 80.3 Å². The molecule has 178 valence electrons. The Labute approximate surface area is 200 Å². The molecule has 2 aromatic carbocycles. The van der Waals surface area contributed by atoms with Crippen LogP contribution >= 0.6 is 0 Å². The predicted octanol–water partition coefficient (Wildman–Crippen LogP) is 4.05. The highest BCUT2D eigenvalue weighted by molar-refractivity contribution is 5.89. The minimum atomic E-state index is -0.544. The van der Waals surface area contributed by atoms with E-state index in [0.29, 0.717) is 19.4 Å². The lowest BCUT2D eigenvalue weighted by atomic mass is 10.0. The number of nitrogens with zero attached hydrogens (tertiary/aromatic N) is 2. The summed E-state index contributed by atoms with van der Waals surface area (Å²) in [7, 11) is 1.63. The number of rotatable bonds is 8. The third-order valence-corrected chi connectivity index (χ3v) is 6.34. The van der Waals surface area contributed by atoms with Gasteiger partial charge in [-0.15, -0.1) is 0 Å². The molecule has 0 radical (unpaired) electrons. The van der Waals surface area contributed by atoms with E-state index in [1.54, 1.807) is 7.11 Å². The number of fused-ring (bicyclic) bond motifs is 1. The van der Waals surface area contributed by atoms with Crippen LogP contribution in [0.3, 0.4) is 0 Å². The first-order valence-corrected chi connectivity index (χ1v) is 11.6. The summed E-state index contributed by atoms with van der Waals surface area (Å²) < 4.78 is 11.9. The van der Waals surface area contributed by atoms with Gasteiger partial charge in [-0.25, -0.2) is 4.98 Å². The number of hydrogen-bond donors (Lipinski definition) is 1. The molecule has 1 aliphatic rings. The van der Waals surface area contributed by atoms with Crippen molar-refractivity contribution in [1.29, 1.82) is 0 Å². The van der Waals surface area contributed by atoms with Gasteiger partial charge in [-0.2, -0.15) is 0 Å². The Morgan fingerprint density at radius 3 is 2.62 bits per heavy atom. The molecular formula is C27H31N3O4. The van der Waals surface area contributed by atoms with E-state index < -0.39 is 6.04 Å². The van der Waals surface area contributed by atoms with Crippen LogP contribution in [0.1, 0.15) is 27.2 Å². The van der Waals surface area contributed by atoms with E-state index in [1.165, 1.54) is 0 Å². The molecule has 2 heterocycles. The Bertz CT molecular complexity index is 1170. The van der Waals surface area contributed by atoms with Crippen LogP contribution in [-0.4, -0.2) is 54.0 Å². The number of aromatic nitrogens is 1. The first-order valence-electron chi connectivity index (χ1n) is 11.6. The summed E-state index contributed by atoms with van der Waals surface area (Å²) in [5, 5.41) is 3.56. The summed E-state index contributed by atoms with van der Waals surface area (Å²) in [4.78, 5) is 30.8. The number of carbonyl (C=O) groups is 2. The lowest BCUT2D eigenvalue weighted by Gasteiger charge is -2.28. The molecule has 0 aliphatic carbocycles. The van der Waals surface area contributed by atoms with Crippen LogP contribution in [0.15, 0.2) is 54.6 Å². The van der Waals surface area contributed by atoms with Gasteiger partial charge < -0.3 is 19.7 Å². The van der Waals surface area contributed by atoms with Crippen LogP contribution in [0.5, 0.6) is 11.5 Å². The maximum Gasteiger partial charge on any atom is 0.245 e. The Kier molecular flexibility index (Phi) is 7.01. The van der Waals surface area contributed by atoms with Gasteiger partial charge in [-0.3, -0.25) is 9.59 Å². The lowest BCUT2D eigenvalue weighted by molar-refractivity contribution is -0.136. The van der Waals surface area contributed by atoms with E-state index in [-0.39, 0.29) is 24.0 Å². The number of ether oxygens (including phenoxy) is 2. The van der Waals surface area contributed by atoms with Crippen molar-refractivity contribution in [1.82, 2.24) is 15.2 Å². The van der Waals surface area contributed by atoms with E-state index in [4.69, 9.17) is 14.5 Å². The zero-order chi connectivity index (χ0) is 24.2. The smallest absolute Gasteiger partial charge is 0.245 e. The van der Waals surface area contributed by atoms with Gasteiger partial charge in [0.05, 0.1) is 24.9 Å². The molecule has 7 heteroatoms. The Morgan fingerprint density at radius 1 is 1.18 bits per heavy atom. The number of hydrogen-bond acceptors (Lipinski definition) is 5. The van der Waals surface area contributed by atoms with Gasteiger partial charge in [0, 0.05) is 35.5 Å². The molecule has 3 aromatic rings. The Balaban J connectivity index is 1.64. The second kappa shape index (κ2) is 10.1. The van der Waals surface area contributed by atoms with Crippen molar-refractivity contribution in [2.75, 3.05) is 13.7 Å². The molecule has 0 bridgehead atoms. The zero-order valence-corrected chi connectivity index (χ0v) is 20.0. The summed E-state index contributed by atoms with van der Waals surface area (Å²) in [6.07, 6.45) is 1.14. The monoisotopic (exact) mass is 461 g/mol. The molecule has 34 heavy (non-hydrogen) atoms. The Hall–Kier alpha value is -3.61. The van der Waals surface area contributed by atoms with Crippen LogP contribution in [-0.2, 0) is 9.59 Å². The van der Waals surface area contributed by atoms with Gasteiger partial charge in [0.25, 0.3) is 0 Å². The molecular weight excluding hydrogens is 430 g/mol. The fraction of sp³-hybridized carbons (Fsp3) is 0.370. The summed E-state index contributed by atoms with van der Waals surface area (Å²) >= 11 is 0. The number of carbonyl (C=O) groups excluding carboxylic acids is 2. The van der Waals surface area contributed by atoms with E-state index in [0.717, 1.165) is 33.7 Å². The van der Waals surface area contributed by atoms with Gasteiger partial charge in [0.1, 0.15) is 23.6 Å². The van der Waals surface area contributed by atoms with Gasteiger partial charge >= 0.3 is 0 Å². The SMILES string of the molecule is COc1ccc2c(OC3C[C@@H](C)N(C(=O)[C@@H](NC=O)C(C)C)C3)cc(-c3ccccc3)nc2c1. The molecule has 1 unspecified atom stereocenters. The van der Waals surface area contributed by atoms with Crippen molar-refractivity contribution in [2.45, 2.75) is 45.4 Å². The highest BCUT2D eigenvalue weighted by Crippen LogP contribution is 2.34. The van der Waals surface area contributed by atoms with Crippen molar-refractivity contribution in [3.63, 3.8) is 0 Å². The third-order valence-electron chi connectivity index (χ3n) is 6.34. The van der Waals surface area contributed by atoms with E-state index in [9.17, 15) is 9.59 Å². The number of likely N-dealkylation sites (tertiary alicyclic amines) is 1. The second-order valence-corrected chi connectivity index (χ2v) is 9.08. The van der Waals surface area contributed by atoms with Gasteiger partial charge in [0.15, 0.2) is 0 Å². The normalized spacial score (nSPS) is 18.7. The topological polar surface area (TPSA) is 80.8 Å². The highest BCUT2D eigenvalue weighted by atomic mass is 16.5. The summed E-state index contributed by atoms with van der Waals surface area (Å²) in [6, 6.07) is 17.1. The number of benzene rings is 2. The summed E-state index contributed by atoms with van der Waals surface area (Å²) in [5.41, 5.74) is 2.59. The lowest BCUT2D eigenvalue weighted by Crippen LogP contribution is -2.50. The molecule has 1 saturated heterocycles. The highest BCUT2D eigenvalue weighted by Gasteiger charge is 2.37. The number of methoxy groups -OCH3 is 1. The van der Waals surface area contributed by atoms with E-state index in [2.05, 4.69) is 5.32 Å². The van der Waals surface area contributed by atoms with Crippen molar-refractivity contribution < 1.29 is 19.1 Å². The van der Waals surface area contributed by atoms with Crippen molar-refractivity contribution in [2.24, 2.45) is 5.92 Å². The number of nitrogens with one attached hydrogen (secondary N) is 1. The molecule has 2 amide bonds. The first kappa shape index (κ1) is 23.5. The number of pyridine rings is 1. The number of amides is 2. The first-order chi connectivity index (χ1) is 16.4. The largest absolute Gasteiger partial charge is 0.497 e. The van der Waals surface area contributed by atoms with Crippen LogP contribution in [0.25, 0.3) is 22.2 Å². The predicted molar refractivity (Wildman–Crippen MR) is 132 cm³/mol. The standard InChI is InChI=1S/C27H31N3O4/c1-17(2)26(28-16-31)27(32)30-15-21(12-18(30)3)34-25-14-23(19-8-6-5-7-9-19)29-24-13-20(33-4)10-11-22(24)25/h5-11,13-14,16-18,21,26H,12,15H2,1-4H3,(H,28,31)/t18-,21?,26+/m1/s1. The van der Waals surface area contributed by atoms with Crippen LogP contribution in [0.4, 0.5) is 0 Å². The van der Waals surface area contributed by atoms with E-state index >= 15 is 0 Å². The van der Waals surface area contributed by atoms with Crippen LogP contribution in [0, 0.1) is 5.92 Å². The molecule has 1 aliphatic heterocycles. The maximum absolute atomic E-state index is 13.1. The molecule has 0 spiro atoms. The fourth-order valence-electron chi connectivity index (χ4n) is 4.51. The van der Waals surface area contributed by atoms with Crippen LogP contribution < -0.4 is 14.8 Å². The zero-order valence-electron chi connectivity index (χ0n) is 20.0. The average molecular weight is 462 g/mol. The fourth-order valence-corrected chi connectivity index (χ4v) is 4.51. The molecule has 1 N–H and O–H groups in total. The molecule has 1 aromatic heterocycles. The molecule has 3 atom stereocenters. The average Bonchev–Trinajstić information content (AvgIpc) is 3.21. The molecule has 4 rings (SSSR count). The second-order valence-electron chi connectivity index (χ2n) is 9.08. The van der Waals surface area contributed by atoms with Gasteiger partial charge in [-0.05, 0) is 25.0 Å². The minimum Gasteiger partial charge on any atom is -0.497 e. The minimum absolute atomic E-state index is 0.00239. The molecule has 1 fully saturated rings. The van der Waals surface area contributed by atoms with Gasteiger partial charge in [-0.1, -0.05) is 44.2 Å². The summed E-state index contributed by atoms with van der Waals surface area (Å²) in [6.45, 7) is 6.33. The maximum atomic E-state index is 13.1. The Morgan fingerprint density at radius 2 is 1.94 bits per heavy atom.